The first kappa shape index (κ1) is 11.4. The van der Waals surface area contributed by atoms with Crippen LogP contribution in [0, 0.1) is 10.1 Å². The predicted molar refractivity (Wildman–Crippen MR) is 61.9 cm³/mol. The number of pyridine rings is 1. The molecule has 0 amide bonds. The standard InChI is InChI=1S/C10H8ClN3O3/c11-9-5-7(3-4-12-9)13-6-8-1-2-10(17-8)14(15)16/h1-5H,6H2,(H,12,13). The summed E-state index contributed by atoms with van der Waals surface area (Å²) in [6, 6.07) is 6.26. The van der Waals surface area contributed by atoms with Gasteiger partial charge in [-0.1, -0.05) is 11.6 Å². The molecule has 1 N–H and O–H groups in total. The highest BCUT2D eigenvalue weighted by Gasteiger charge is 2.11. The third kappa shape index (κ3) is 2.94. The molecule has 0 atom stereocenters. The zero-order valence-corrected chi connectivity index (χ0v) is 9.35. The largest absolute Gasteiger partial charge is 0.433 e. The predicted octanol–water partition coefficient (Wildman–Crippen LogP) is 2.85. The Kier molecular flexibility index (Phi) is 3.24. The van der Waals surface area contributed by atoms with E-state index in [1.165, 1.54) is 6.07 Å². The maximum absolute atomic E-state index is 10.4. The Morgan fingerprint density at radius 2 is 2.29 bits per heavy atom. The van der Waals surface area contributed by atoms with E-state index < -0.39 is 4.92 Å². The number of furan rings is 1. The summed E-state index contributed by atoms with van der Waals surface area (Å²) >= 11 is 5.71. The minimum atomic E-state index is -0.577. The lowest BCUT2D eigenvalue weighted by Gasteiger charge is -2.03. The van der Waals surface area contributed by atoms with Gasteiger partial charge in [0.05, 0.1) is 12.6 Å². The number of nitrogens with zero attached hydrogens (tertiary/aromatic N) is 2. The quantitative estimate of drug-likeness (QED) is 0.515. The fraction of sp³-hybridized carbons (Fsp3) is 0.100. The van der Waals surface area contributed by atoms with Gasteiger partial charge in [0.15, 0.2) is 0 Å². The van der Waals surface area contributed by atoms with Crippen LogP contribution in [0.2, 0.25) is 5.15 Å². The van der Waals surface area contributed by atoms with Crippen molar-refractivity contribution < 1.29 is 9.34 Å². The van der Waals surface area contributed by atoms with Gasteiger partial charge in [0.25, 0.3) is 0 Å². The molecule has 88 valence electrons. The maximum Gasteiger partial charge on any atom is 0.433 e. The van der Waals surface area contributed by atoms with Crippen molar-refractivity contribution in [1.82, 2.24) is 4.98 Å². The van der Waals surface area contributed by atoms with Crippen molar-refractivity contribution in [2.45, 2.75) is 6.54 Å². The molecule has 2 rings (SSSR count). The van der Waals surface area contributed by atoms with Crippen molar-refractivity contribution in [2.75, 3.05) is 5.32 Å². The Morgan fingerprint density at radius 3 is 2.94 bits per heavy atom. The average Bonchev–Trinajstić information content (AvgIpc) is 2.75. The van der Waals surface area contributed by atoms with Crippen LogP contribution < -0.4 is 5.32 Å². The van der Waals surface area contributed by atoms with Gasteiger partial charge in [-0.05, 0) is 18.2 Å². The molecule has 6 nitrogen and oxygen atoms in total. The van der Waals surface area contributed by atoms with Crippen LogP contribution in [0.1, 0.15) is 5.76 Å². The van der Waals surface area contributed by atoms with E-state index in [2.05, 4.69) is 10.3 Å². The molecule has 2 aromatic heterocycles. The maximum atomic E-state index is 10.4. The second kappa shape index (κ2) is 4.84. The van der Waals surface area contributed by atoms with E-state index in [4.69, 9.17) is 16.0 Å². The molecular weight excluding hydrogens is 246 g/mol. The van der Waals surface area contributed by atoms with Crippen LogP contribution in [0.25, 0.3) is 0 Å². The smallest absolute Gasteiger partial charge is 0.404 e. The molecule has 7 heteroatoms. The van der Waals surface area contributed by atoms with Crippen molar-refractivity contribution in [2.24, 2.45) is 0 Å². The Bertz CT molecular complexity index is 541. The normalized spacial score (nSPS) is 10.2. The summed E-state index contributed by atoms with van der Waals surface area (Å²) in [5.41, 5.74) is 0.768. The van der Waals surface area contributed by atoms with Crippen LogP contribution >= 0.6 is 11.6 Å². The van der Waals surface area contributed by atoms with Gasteiger partial charge in [-0.2, -0.15) is 0 Å². The second-order valence-corrected chi connectivity index (χ2v) is 3.61. The van der Waals surface area contributed by atoms with Crippen molar-refractivity contribution in [3.05, 3.63) is 51.5 Å². The van der Waals surface area contributed by atoms with Crippen molar-refractivity contribution >= 4 is 23.2 Å². The molecule has 0 saturated carbocycles. The molecule has 0 aliphatic heterocycles. The van der Waals surface area contributed by atoms with Gasteiger partial charge in [-0.3, -0.25) is 10.1 Å². The molecule has 0 fully saturated rings. The number of anilines is 1. The summed E-state index contributed by atoms with van der Waals surface area (Å²) in [6.07, 6.45) is 1.56. The lowest BCUT2D eigenvalue weighted by Crippen LogP contribution is -1.98. The number of nitro groups is 1. The summed E-state index contributed by atoms with van der Waals surface area (Å²) in [7, 11) is 0. The van der Waals surface area contributed by atoms with Gasteiger partial charge >= 0.3 is 5.88 Å². The molecule has 0 spiro atoms. The molecule has 17 heavy (non-hydrogen) atoms. The van der Waals surface area contributed by atoms with E-state index in [1.54, 1.807) is 24.4 Å². The topological polar surface area (TPSA) is 81.2 Å². The second-order valence-electron chi connectivity index (χ2n) is 3.22. The molecule has 0 unspecified atom stereocenters. The van der Waals surface area contributed by atoms with E-state index >= 15 is 0 Å². The SMILES string of the molecule is O=[N+]([O-])c1ccc(CNc2ccnc(Cl)c2)o1. The number of nitrogens with one attached hydrogen (secondary N) is 1. The van der Waals surface area contributed by atoms with E-state index in [1.807, 2.05) is 0 Å². The van der Waals surface area contributed by atoms with Crippen molar-refractivity contribution in [3.8, 4) is 0 Å². The lowest BCUT2D eigenvalue weighted by atomic mass is 10.4. The average molecular weight is 254 g/mol. The van der Waals surface area contributed by atoms with E-state index in [0.717, 1.165) is 5.69 Å². The fourth-order valence-electron chi connectivity index (χ4n) is 1.26. The van der Waals surface area contributed by atoms with Crippen LogP contribution in [0.5, 0.6) is 0 Å². The van der Waals surface area contributed by atoms with E-state index in [0.29, 0.717) is 17.5 Å². The third-order valence-corrected chi connectivity index (χ3v) is 2.23. The van der Waals surface area contributed by atoms with E-state index in [9.17, 15) is 10.1 Å². The number of rotatable bonds is 4. The highest BCUT2D eigenvalue weighted by molar-refractivity contribution is 6.29. The molecule has 0 aliphatic rings. The fourth-order valence-corrected chi connectivity index (χ4v) is 1.44. The Hall–Kier alpha value is -2.08. The molecule has 0 aliphatic carbocycles. The molecule has 2 aromatic rings. The minimum absolute atomic E-state index is 0.269. The van der Waals surface area contributed by atoms with Crippen LogP contribution in [0.4, 0.5) is 11.6 Å². The van der Waals surface area contributed by atoms with Gasteiger partial charge in [0.2, 0.25) is 0 Å². The molecular formula is C10H8ClN3O3. The summed E-state index contributed by atoms with van der Waals surface area (Å²) in [6.45, 7) is 0.341. The third-order valence-electron chi connectivity index (χ3n) is 2.02. The molecule has 0 saturated heterocycles. The summed E-state index contributed by atoms with van der Waals surface area (Å²) in [4.78, 5) is 13.7. The first-order chi connectivity index (χ1) is 8.15. The Labute approximate surface area is 101 Å². The molecule has 0 bridgehead atoms. The monoisotopic (exact) mass is 253 g/mol. The van der Waals surface area contributed by atoms with Gasteiger partial charge in [-0.25, -0.2) is 4.98 Å². The summed E-state index contributed by atoms with van der Waals surface area (Å²) < 4.78 is 4.99. The van der Waals surface area contributed by atoms with Crippen molar-refractivity contribution in [3.63, 3.8) is 0 Å². The van der Waals surface area contributed by atoms with Gasteiger partial charge in [0, 0.05) is 11.9 Å². The molecule has 0 aromatic carbocycles. The number of hydrogen-bond donors (Lipinski definition) is 1. The lowest BCUT2D eigenvalue weighted by molar-refractivity contribution is -0.402. The highest BCUT2D eigenvalue weighted by Crippen LogP contribution is 2.17. The van der Waals surface area contributed by atoms with Gasteiger partial charge < -0.3 is 9.73 Å². The summed E-state index contributed by atoms with van der Waals surface area (Å²) in [5.74, 6) is 0.208. The first-order valence-electron chi connectivity index (χ1n) is 4.73. The summed E-state index contributed by atoms with van der Waals surface area (Å²) in [5, 5.41) is 13.8. The van der Waals surface area contributed by atoms with Crippen LogP contribution in [-0.2, 0) is 6.54 Å². The minimum Gasteiger partial charge on any atom is -0.404 e. The van der Waals surface area contributed by atoms with Crippen LogP contribution in [0.15, 0.2) is 34.9 Å². The number of hydrogen-bond acceptors (Lipinski definition) is 5. The van der Waals surface area contributed by atoms with Gasteiger partial charge in [0.1, 0.15) is 15.8 Å². The zero-order valence-electron chi connectivity index (χ0n) is 8.59. The van der Waals surface area contributed by atoms with Crippen LogP contribution in [0.3, 0.4) is 0 Å². The molecule has 2 heterocycles. The first-order valence-corrected chi connectivity index (χ1v) is 5.11. The highest BCUT2D eigenvalue weighted by atomic mass is 35.5. The molecule has 0 radical (unpaired) electrons. The zero-order chi connectivity index (χ0) is 12.3. The number of aromatic nitrogens is 1. The van der Waals surface area contributed by atoms with Crippen LogP contribution in [-0.4, -0.2) is 9.91 Å². The Morgan fingerprint density at radius 1 is 1.47 bits per heavy atom. The van der Waals surface area contributed by atoms with E-state index in [-0.39, 0.29) is 5.88 Å². The van der Waals surface area contributed by atoms with Crippen molar-refractivity contribution in [1.29, 1.82) is 0 Å². The Balaban J connectivity index is 2.00. The number of halogens is 1. The van der Waals surface area contributed by atoms with Gasteiger partial charge in [-0.15, -0.1) is 0 Å².